The van der Waals surface area contributed by atoms with Gasteiger partial charge in [-0.2, -0.15) is 0 Å². The predicted octanol–water partition coefficient (Wildman–Crippen LogP) is 6.51. The van der Waals surface area contributed by atoms with Gasteiger partial charge in [-0.1, -0.05) is 57.4 Å². The molecule has 234 valence electrons. The molecule has 1 amide bonds. The lowest BCUT2D eigenvalue weighted by molar-refractivity contribution is -0.114. The Labute approximate surface area is 253 Å². The Morgan fingerprint density at radius 3 is 2.65 bits per heavy atom. The van der Waals surface area contributed by atoms with Crippen LogP contribution in [0.1, 0.15) is 117 Å². The number of ketones is 1. The van der Waals surface area contributed by atoms with Crippen molar-refractivity contribution in [3.05, 3.63) is 59.1 Å². The number of aromatic nitrogens is 1. The van der Waals surface area contributed by atoms with Gasteiger partial charge in [0.15, 0.2) is 5.78 Å². The zero-order valence-corrected chi connectivity index (χ0v) is 25.7. The summed E-state index contributed by atoms with van der Waals surface area (Å²) in [6, 6.07) is 4.31. The minimum absolute atomic E-state index is 0.00536. The first-order valence-corrected chi connectivity index (χ1v) is 17.5. The molecule has 1 aromatic heterocycles. The van der Waals surface area contributed by atoms with Crippen LogP contribution in [0.25, 0.3) is 6.08 Å². The largest absolute Gasteiger partial charge is 0.448 e. The highest BCUT2D eigenvalue weighted by atomic mass is 32.2. The van der Waals surface area contributed by atoms with E-state index in [1.165, 1.54) is 76.3 Å². The lowest BCUT2D eigenvalue weighted by Crippen LogP contribution is -2.30. The van der Waals surface area contributed by atoms with Crippen molar-refractivity contribution in [2.75, 3.05) is 5.75 Å². The average molecular weight is 615 g/mol. The van der Waals surface area contributed by atoms with Gasteiger partial charge in [0.25, 0.3) is 5.91 Å². The maximum Gasteiger partial charge on any atom is 0.257 e. The lowest BCUT2D eigenvalue weighted by Gasteiger charge is -2.26. The molecule has 2 aliphatic heterocycles. The van der Waals surface area contributed by atoms with Crippen molar-refractivity contribution in [3.8, 4) is 0 Å². The van der Waals surface area contributed by atoms with Crippen molar-refractivity contribution < 1.29 is 31.6 Å². The van der Waals surface area contributed by atoms with E-state index in [2.05, 4.69) is 4.98 Å². The fraction of sp³-hybridized carbons (Fsp3) is 0.606. The zero-order valence-electron chi connectivity index (χ0n) is 24.9. The maximum absolute atomic E-state index is 14.4. The minimum Gasteiger partial charge on any atom is -0.448 e. The number of fused-ring (bicyclic) bond motifs is 2. The molecule has 1 saturated carbocycles. The van der Waals surface area contributed by atoms with Gasteiger partial charge in [-0.3, -0.25) is 9.59 Å². The van der Waals surface area contributed by atoms with Crippen molar-refractivity contribution >= 4 is 27.8 Å². The number of carbonyl (C=O) groups excluding carboxylic acids is 2. The summed E-state index contributed by atoms with van der Waals surface area (Å²) in [5.74, 6) is -0.271. The third-order valence-corrected chi connectivity index (χ3v) is 10.6. The highest BCUT2D eigenvalue weighted by Gasteiger charge is 2.51. The summed E-state index contributed by atoms with van der Waals surface area (Å²) < 4.78 is 51.9. The van der Waals surface area contributed by atoms with Crippen LogP contribution in [0.2, 0.25) is 0 Å². The molecule has 2 saturated heterocycles. The second-order valence-corrected chi connectivity index (χ2v) is 14.3. The molecular weight excluding hydrogens is 571 g/mol. The summed E-state index contributed by atoms with van der Waals surface area (Å²) in [5, 5.41) is 0. The lowest BCUT2D eigenvalue weighted by atomic mass is 9.75. The van der Waals surface area contributed by atoms with Gasteiger partial charge in [-0.25, -0.2) is 22.5 Å². The molecule has 1 N–H and O–H groups in total. The van der Waals surface area contributed by atoms with E-state index in [9.17, 15) is 22.4 Å². The van der Waals surface area contributed by atoms with Crippen LogP contribution < -0.4 is 4.72 Å². The molecule has 4 atom stereocenters. The Morgan fingerprint density at radius 2 is 1.86 bits per heavy atom. The van der Waals surface area contributed by atoms with Crippen molar-refractivity contribution in [3.63, 3.8) is 0 Å². The minimum atomic E-state index is -3.69. The number of nitrogens with one attached hydrogen (secondary N) is 1. The first kappa shape index (κ1) is 31.6. The molecule has 10 heteroatoms. The topological polar surface area (TPSA) is 116 Å². The van der Waals surface area contributed by atoms with Crippen LogP contribution in [0.5, 0.6) is 0 Å². The number of halogens is 1. The molecule has 0 spiro atoms. The van der Waals surface area contributed by atoms with Gasteiger partial charge in [0.1, 0.15) is 17.8 Å². The van der Waals surface area contributed by atoms with Crippen LogP contribution in [-0.4, -0.2) is 43.1 Å². The summed E-state index contributed by atoms with van der Waals surface area (Å²) in [6.07, 6.45) is 17.7. The maximum atomic E-state index is 14.4. The van der Waals surface area contributed by atoms with Crippen LogP contribution in [0.3, 0.4) is 0 Å². The second-order valence-electron chi connectivity index (χ2n) is 12.3. The molecule has 1 aliphatic carbocycles. The van der Waals surface area contributed by atoms with Gasteiger partial charge < -0.3 is 9.15 Å². The van der Waals surface area contributed by atoms with Crippen LogP contribution >= 0.6 is 0 Å². The summed E-state index contributed by atoms with van der Waals surface area (Å²) in [7, 11) is -3.69. The molecule has 3 fully saturated rings. The number of ether oxygens (including phenoxy) is 1. The summed E-state index contributed by atoms with van der Waals surface area (Å²) in [5.41, 5.74) is 1.63. The number of sulfonamides is 1. The normalized spacial score (nSPS) is 24.1. The van der Waals surface area contributed by atoms with Crippen LogP contribution in [-0.2, 0) is 26.0 Å². The van der Waals surface area contributed by atoms with Gasteiger partial charge in [0.2, 0.25) is 15.9 Å². The second kappa shape index (κ2) is 14.3. The van der Waals surface area contributed by atoms with Gasteiger partial charge in [0.05, 0.1) is 23.9 Å². The first-order chi connectivity index (χ1) is 20.7. The van der Waals surface area contributed by atoms with Gasteiger partial charge >= 0.3 is 0 Å². The number of Topliss-reactive ketones (excluding diaryl/α,β-unsaturated/α-hetero) is 1. The number of unbranched alkanes of at least 4 members (excludes halogenated alkanes) is 2. The van der Waals surface area contributed by atoms with Gasteiger partial charge in [-0.15, -0.1) is 0 Å². The molecule has 0 radical (unpaired) electrons. The van der Waals surface area contributed by atoms with E-state index in [1.54, 1.807) is 6.07 Å². The van der Waals surface area contributed by atoms with Crippen LogP contribution in [0.4, 0.5) is 4.39 Å². The van der Waals surface area contributed by atoms with Crippen molar-refractivity contribution in [2.24, 2.45) is 11.8 Å². The SMILES string of the molecule is CCS(=O)(=O)NC(=O)/C=C/c1ccc(F)cc1CC1C2CCC(O2)C1c1nc(C(=O)CCCCCC2CCCCC2)co1. The molecule has 3 heterocycles. The molecule has 5 rings (SSSR count). The average Bonchev–Trinajstić information content (AvgIpc) is 3.74. The molecular formula is C33H43FN2O6S. The number of benzene rings is 1. The zero-order chi connectivity index (χ0) is 30.4. The molecule has 3 aliphatic rings. The number of amides is 1. The third-order valence-electron chi connectivity index (χ3n) is 9.37. The third kappa shape index (κ3) is 8.20. The molecule has 4 unspecified atom stereocenters. The Kier molecular flexibility index (Phi) is 10.5. The molecule has 2 bridgehead atoms. The van der Waals surface area contributed by atoms with Gasteiger partial charge in [0, 0.05) is 18.4 Å². The Balaban J connectivity index is 1.21. The van der Waals surface area contributed by atoms with E-state index < -0.39 is 21.7 Å². The van der Waals surface area contributed by atoms with E-state index in [0.717, 1.165) is 37.7 Å². The Hall–Kier alpha value is -2.85. The Bertz CT molecular complexity index is 1410. The summed E-state index contributed by atoms with van der Waals surface area (Å²) in [6.45, 7) is 1.44. The summed E-state index contributed by atoms with van der Waals surface area (Å²) >= 11 is 0. The molecule has 43 heavy (non-hydrogen) atoms. The number of hydrogen-bond donors (Lipinski definition) is 1. The monoisotopic (exact) mass is 614 g/mol. The molecule has 1 aromatic carbocycles. The number of carbonyl (C=O) groups is 2. The van der Waals surface area contributed by atoms with Crippen molar-refractivity contribution in [2.45, 2.75) is 109 Å². The van der Waals surface area contributed by atoms with E-state index in [-0.39, 0.29) is 35.6 Å². The summed E-state index contributed by atoms with van der Waals surface area (Å²) in [4.78, 5) is 29.7. The first-order valence-electron chi connectivity index (χ1n) is 15.9. The predicted molar refractivity (Wildman–Crippen MR) is 161 cm³/mol. The van der Waals surface area contributed by atoms with Crippen molar-refractivity contribution in [1.82, 2.24) is 9.71 Å². The highest BCUT2D eigenvalue weighted by Crippen LogP contribution is 2.50. The number of oxazole rings is 1. The molecule has 8 nitrogen and oxygen atoms in total. The number of hydrogen-bond acceptors (Lipinski definition) is 7. The van der Waals surface area contributed by atoms with Gasteiger partial charge in [-0.05, 0) is 67.9 Å². The van der Waals surface area contributed by atoms with Crippen LogP contribution in [0, 0.1) is 17.7 Å². The Morgan fingerprint density at radius 1 is 1.07 bits per heavy atom. The van der Waals surface area contributed by atoms with E-state index in [0.29, 0.717) is 35.6 Å². The number of nitrogens with zero attached hydrogens (tertiary/aromatic N) is 1. The van der Waals surface area contributed by atoms with E-state index in [4.69, 9.17) is 9.15 Å². The van der Waals surface area contributed by atoms with E-state index >= 15 is 0 Å². The fourth-order valence-electron chi connectivity index (χ4n) is 7.04. The van der Waals surface area contributed by atoms with Crippen LogP contribution in [0.15, 0.2) is 35.0 Å². The van der Waals surface area contributed by atoms with E-state index in [1.807, 2.05) is 4.72 Å². The molecule has 2 aromatic rings. The fourth-order valence-corrected chi connectivity index (χ4v) is 7.56. The smallest absolute Gasteiger partial charge is 0.257 e. The highest BCUT2D eigenvalue weighted by molar-refractivity contribution is 7.90. The van der Waals surface area contributed by atoms with Crippen molar-refractivity contribution in [1.29, 1.82) is 0 Å². The quantitative estimate of drug-likeness (QED) is 0.147. The number of rotatable bonds is 14. The standard InChI is InChI=1S/C33H43FN2O6S/c1-2-43(39,40)36-31(38)18-14-23-13-15-25(34)19-24(23)20-26-29-16-17-30(42-29)32(26)33-35-27(21-41-33)28(37)12-8-4-7-11-22-9-5-3-6-10-22/h13-15,18-19,21-22,26,29-30,32H,2-12,16-17,20H2,1H3,(H,36,38)/b18-14+.